The number of hydrogen-bond donors (Lipinski definition) is 3. The van der Waals surface area contributed by atoms with Crippen molar-refractivity contribution in [1.29, 1.82) is 0 Å². The molecule has 1 unspecified atom stereocenters. The molecular weight excluding hydrogens is 299 g/mol. The zero-order valence-corrected chi connectivity index (χ0v) is 13.4. The van der Waals surface area contributed by atoms with Crippen LogP contribution in [0.5, 0.6) is 0 Å². The molecule has 0 radical (unpaired) electrons. The number of rotatable bonds is 7. The largest absolute Gasteiger partial charge is 0.389 e. The van der Waals surface area contributed by atoms with E-state index in [0.717, 1.165) is 5.56 Å². The molecule has 1 aromatic carbocycles. The second-order valence-corrected chi connectivity index (χ2v) is 5.90. The maximum Gasteiger partial charge on any atom is 0.221 e. The molecule has 2 rings (SSSR count). The summed E-state index contributed by atoms with van der Waals surface area (Å²) >= 11 is 0. The van der Waals surface area contributed by atoms with E-state index in [-0.39, 0.29) is 12.3 Å². The Bertz CT molecular complexity index is 500. The Morgan fingerprint density at radius 2 is 1.87 bits per heavy atom. The Morgan fingerprint density at radius 1 is 1.22 bits per heavy atom. The Morgan fingerprint density at radius 3 is 2.48 bits per heavy atom. The number of alkyl halides is 1. The molecule has 23 heavy (non-hydrogen) atoms. The minimum atomic E-state index is -1.17. The summed E-state index contributed by atoms with van der Waals surface area (Å²) in [5.74, 6) is -0.201. The fraction of sp³-hybridized carbons (Fsp3) is 0.588. The highest BCUT2D eigenvalue weighted by molar-refractivity contribution is 5.76. The summed E-state index contributed by atoms with van der Waals surface area (Å²) in [6, 6.07) is 8.41. The summed E-state index contributed by atoms with van der Waals surface area (Å²) in [5.41, 5.74) is 1.10. The van der Waals surface area contributed by atoms with Gasteiger partial charge in [0.05, 0.1) is 18.2 Å². The highest BCUT2D eigenvalue weighted by Crippen LogP contribution is 2.28. The Hall–Kier alpha value is -1.50. The third kappa shape index (κ3) is 4.28. The van der Waals surface area contributed by atoms with Crippen molar-refractivity contribution in [3.05, 3.63) is 35.9 Å². The van der Waals surface area contributed by atoms with Gasteiger partial charge in [-0.2, -0.15) is 0 Å². The molecule has 0 bridgehead atoms. The van der Waals surface area contributed by atoms with Crippen LogP contribution in [0.15, 0.2) is 30.3 Å². The minimum absolute atomic E-state index is 0.0529. The average molecular weight is 324 g/mol. The number of amides is 1. The number of aliphatic hydroxyl groups is 2. The molecule has 3 N–H and O–H groups in total. The van der Waals surface area contributed by atoms with E-state index in [2.05, 4.69) is 5.32 Å². The molecule has 5 nitrogen and oxygen atoms in total. The normalized spacial score (nSPS) is 28.0. The molecule has 0 aromatic heterocycles. The first-order valence-electron chi connectivity index (χ1n) is 8.07. The fourth-order valence-corrected chi connectivity index (χ4v) is 3.21. The van der Waals surface area contributed by atoms with E-state index in [4.69, 9.17) is 0 Å². The highest BCUT2D eigenvalue weighted by Gasteiger charge is 2.47. The molecular formula is C17H25FN2O3. The van der Waals surface area contributed by atoms with Crippen LogP contribution in [-0.2, 0) is 11.2 Å². The van der Waals surface area contributed by atoms with Gasteiger partial charge in [0.25, 0.3) is 0 Å². The van der Waals surface area contributed by atoms with Crippen molar-refractivity contribution in [3.8, 4) is 0 Å². The summed E-state index contributed by atoms with van der Waals surface area (Å²) in [4.78, 5) is 13.6. The number of likely N-dealkylation sites (tertiary alicyclic amines) is 1. The Labute approximate surface area is 136 Å². The van der Waals surface area contributed by atoms with E-state index in [1.54, 1.807) is 4.90 Å². The van der Waals surface area contributed by atoms with Gasteiger partial charge < -0.3 is 15.5 Å². The maximum absolute atomic E-state index is 13.3. The maximum atomic E-state index is 13.3. The second-order valence-electron chi connectivity index (χ2n) is 5.90. The fourth-order valence-electron chi connectivity index (χ4n) is 3.21. The molecule has 1 aromatic rings. The number of halogens is 1. The topological polar surface area (TPSA) is 72.8 Å². The van der Waals surface area contributed by atoms with Crippen LogP contribution in [0.4, 0.5) is 4.39 Å². The van der Waals surface area contributed by atoms with E-state index in [1.165, 1.54) is 0 Å². The van der Waals surface area contributed by atoms with Crippen molar-refractivity contribution in [2.45, 2.75) is 44.1 Å². The number of nitrogens with one attached hydrogen (secondary N) is 1. The molecule has 0 aliphatic carbocycles. The van der Waals surface area contributed by atoms with Crippen LogP contribution in [0.3, 0.4) is 0 Å². The van der Waals surface area contributed by atoms with E-state index in [1.807, 2.05) is 37.3 Å². The van der Waals surface area contributed by atoms with Gasteiger partial charge in [0.15, 0.2) is 0 Å². The van der Waals surface area contributed by atoms with Crippen LogP contribution in [0.2, 0.25) is 0 Å². The van der Waals surface area contributed by atoms with Crippen LogP contribution < -0.4 is 5.32 Å². The zero-order chi connectivity index (χ0) is 16.8. The smallest absolute Gasteiger partial charge is 0.221 e. The Kier molecular flexibility index (Phi) is 6.50. The van der Waals surface area contributed by atoms with Gasteiger partial charge in [-0.25, -0.2) is 4.39 Å². The standard InChI is InChI=1S/C17H25FN2O3/c1-2-19-15(21)10-13-16(22)17(23)14(11-18)20(13)9-8-12-6-4-3-5-7-12/h3-7,13-14,16-17,22-23H,2,8-11H2,1H3,(H,19,21)/t13?,14-,16-,17-/m1/s1. The van der Waals surface area contributed by atoms with Crippen LogP contribution in [0, 0.1) is 0 Å². The van der Waals surface area contributed by atoms with Gasteiger partial charge in [-0.1, -0.05) is 30.3 Å². The van der Waals surface area contributed by atoms with Crippen LogP contribution in [0.1, 0.15) is 18.9 Å². The summed E-state index contributed by atoms with van der Waals surface area (Å²) in [6.07, 6.45) is -1.57. The molecule has 1 aliphatic heterocycles. The predicted molar refractivity (Wildman–Crippen MR) is 85.7 cm³/mol. The average Bonchev–Trinajstić information content (AvgIpc) is 2.78. The molecule has 1 fully saturated rings. The lowest BCUT2D eigenvalue weighted by Crippen LogP contribution is -2.44. The molecule has 128 valence electrons. The van der Waals surface area contributed by atoms with Crippen LogP contribution in [0.25, 0.3) is 0 Å². The van der Waals surface area contributed by atoms with E-state index < -0.39 is 31.0 Å². The van der Waals surface area contributed by atoms with Gasteiger partial charge in [-0.15, -0.1) is 0 Å². The van der Waals surface area contributed by atoms with Crippen molar-refractivity contribution in [3.63, 3.8) is 0 Å². The van der Waals surface area contributed by atoms with E-state index in [9.17, 15) is 19.4 Å². The molecule has 6 heteroatoms. The first kappa shape index (κ1) is 17.8. The van der Waals surface area contributed by atoms with Crippen molar-refractivity contribution >= 4 is 5.91 Å². The van der Waals surface area contributed by atoms with Crippen molar-refractivity contribution in [2.75, 3.05) is 19.8 Å². The minimum Gasteiger partial charge on any atom is -0.389 e. The number of carbonyl (C=O) groups is 1. The second kappa shape index (κ2) is 8.38. The number of aliphatic hydroxyl groups excluding tert-OH is 2. The van der Waals surface area contributed by atoms with Crippen LogP contribution >= 0.6 is 0 Å². The zero-order valence-electron chi connectivity index (χ0n) is 13.4. The molecule has 1 heterocycles. The number of carbonyl (C=O) groups excluding carboxylic acids is 1. The monoisotopic (exact) mass is 324 g/mol. The van der Waals surface area contributed by atoms with Crippen LogP contribution in [-0.4, -0.2) is 65.1 Å². The van der Waals surface area contributed by atoms with Gasteiger partial charge in [0, 0.05) is 25.6 Å². The molecule has 4 atom stereocenters. The molecule has 1 saturated heterocycles. The van der Waals surface area contributed by atoms with Gasteiger partial charge >= 0.3 is 0 Å². The summed E-state index contributed by atoms with van der Waals surface area (Å²) in [7, 11) is 0. The van der Waals surface area contributed by atoms with E-state index in [0.29, 0.717) is 19.5 Å². The van der Waals surface area contributed by atoms with Gasteiger partial charge in [-0.05, 0) is 18.9 Å². The lowest BCUT2D eigenvalue weighted by molar-refractivity contribution is -0.122. The Balaban J connectivity index is 2.07. The first-order chi connectivity index (χ1) is 11.1. The molecule has 0 saturated carbocycles. The number of hydrogen-bond acceptors (Lipinski definition) is 4. The summed E-state index contributed by atoms with van der Waals surface area (Å²) in [6.45, 7) is 2.05. The highest BCUT2D eigenvalue weighted by atomic mass is 19.1. The van der Waals surface area contributed by atoms with Gasteiger partial charge in [-0.3, -0.25) is 9.69 Å². The lowest BCUT2D eigenvalue weighted by Gasteiger charge is -2.29. The summed E-state index contributed by atoms with van der Waals surface area (Å²) in [5, 5.41) is 23.0. The molecule has 1 aliphatic rings. The van der Waals surface area contributed by atoms with Crippen molar-refractivity contribution < 1.29 is 19.4 Å². The number of nitrogens with zero attached hydrogens (tertiary/aromatic N) is 1. The third-order valence-electron chi connectivity index (χ3n) is 4.42. The quantitative estimate of drug-likeness (QED) is 0.683. The van der Waals surface area contributed by atoms with Gasteiger partial charge in [0.2, 0.25) is 5.91 Å². The predicted octanol–water partition coefficient (Wildman–Crippen LogP) is 0.499. The molecule has 0 spiro atoms. The summed E-state index contributed by atoms with van der Waals surface area (Å²) < 4.78 is 13.3. The van der Waals surface area contributed by atoms with Gasteiger partial charge in [0.1, 0.15) is 6.67 Å². The number of benzene rings is 1. The SMILES string of the molecule is CCNC(=O)CC1[C@@H](O)[C@H](O)[C@@H](CF)N1CCc1ccccc1. The van der Waals surface area contributed by atoms with Crippen molar-refractivity contribution in [1.82, 2.24) is 10.2 Å². The van der Waals surface area contributed by atoms with E-state index >= 15 is 0 Å². The van der Waals surface area contributed by atoms with Crippen molar-refractivity contribution in [2.24, 2.45) is 0 Å². The first-order valence-corrected chi connectivity index (χ1v) is 8.07. The molecule has 1 amide bonds. The lowest BCUT2D eigenvalue weighted by atomic mass is 10.1. The third-order valence-corrected chi connectivity index (χ3v) is 4.42.